The van der Waals surface area contributed by atoms with Gasteiger partial charge in [-0.15, -0.1) is 0 Å². The lowest BCUT2D eigenvalue weighted by Gasteiger charge is -2.38. The van der Waals surface area contributed by atoms with Gasteiger partial charge in [0.1, 0.15) is 24.7 Å². The van der Waals surface area contributed by atoms with E-state index in [1.165, 1.54) is 12.1 Å². The van der Waals surface area contributed by atoms with E-state index in [4.69, 9.17) is 9.47 Å². The first-order chi connectivity index (χ1) is 20.6. The smallest absolute Gasteiger partial charge is 0.411 e. The Kier molecular flexibility index (Phi) is 8.48. The van der Waals surface area contributed by atoms with Crippen molar-refractivity contribution < 1.29 is 35.8 Å². The van der Waals surface area contributed by atoms with E-state index in [1.807, 2.05) is 36.4 Å². The molecule has 5 rings (SSSR count). The highest BCUT2D eigenvalue weighted by Gasteiger charge is 2.72. The average Bonchev–Trinajstić information content (AvgIpc) is 3.00. The molecular formula is C35H26F6O2. The average molecular weight is 593 g/mol. The minimum Gasteiger partial charge on any atom is -0.489 e. The first-order valence-corrected chi connectivity index (χ1v) is 13.4. The van der Waals surface area contributed by atoms with Crippen molar-refractivity contribution in [3.8, 4) is 22.6 Å². The number of alkyl halides is 6. The fraction of sp³-hybridized carbons (Fsp3) is 0.143. The van der Waals surface area contributed by atoms with Gasteiger partial charge in [-0.1, -0.05) is 109 Å². The molecule has 0 fully saturated rings. The van der Waals surface area contributed by atoms with Crippen LogP contribution < -0.4 is 9.47 Å². The van der Waals surface area contributed by atoms with Crippen molar-refractivity contribution in [2.45, 2.75) is 31.0 Å². The number of hydrogen-bond donors (Lipinski definition) is 0. The van der Waals surface area contributed by atoms with Crippen LogP contribution in [0.25, 0.3) is 11.1 Å². The molecule has 0 aromatic heterocycles. The Morgan fingerprint density at radius 1 is 0.395 bits per heavy atom. The topological polar surface area (TPSA) is 18.5 Å². The van der Waals surface area contributed by atoms with Gasteiger partial charge >= 0.3 is 12.4 Å². The molecule has 0 radical (unpaired) electrons. The van der Waals surface area contributed by atoms with Gasteiger partial charge < -0.3 is 9.47 Å². The van der Waals surface area contributed by atoms with Crippen molar-refractivity contribution in [3.63, 3.8) is 0 Å². The molecule has 5 aromatic rings. The second-order valence-electron chi connectivity index (χ2n) is 9.92. The van der Waals surface area contributed by atoms with Crippen LogP contribution in [0.4, 0.5) is 26.3 Å². The van der Waals surface area contributed by atoms with Crippen molar-refractivity contribution in [2.24, 2.45) is 0 Å². The molecule has 5 aromatic carbocycles. The third-order valence-electron chi connectivity index (χ3n) is 7.14. The van der Waals surface area contributed by atoms with Gasteiger partial charge in [0.2, 0.25) is 5.41 Å². The van der Waals surface area contributed by atoms with E-state index >= 15 is 0 Å². The minimum absolute atomic E-state index is 0.117. The zero-order chi connectivity index (χ0) is 30.5. The van der Waals surface area contributed by atoms with Crippen molar-refractivity contribution in [1.29, 1.82) is 0 Å². The Hall–Kier alpha value is -4.72. The van der Waals surface area contributed by atoms with Crippen LogP contribution in [0.3, 0.4) is 0 Å². The van der Waals surface area contributed by atoms with Gasteiger partial charge in [-0.3, -0.25) is 0 Å². The second-order valence-corrected chi connectivity index (χ2v) is 9.92. The molecule has 0 N–H and O–H groups in total. The lowest BCUT2D eigenvalue weighted by molar-refractivity contribution is -0.288. The number of halogens is 6. The first kappa shape index (κ1) is 29.8. The fourth-order valence-corrected chi connectivity index (χ4v) is 4.92. The van der Waals surface area contributed by atoms with Gasteiger partial charge in [-0.2, -0.15) is 26.3 Å². The zero-order valence-electron chi connectivity index (χ0n) is 22.7. The van der Waals surface area contributed by atoms with Crippen LogP contribution in [0.5, 0.6) is 11.5 Å². The number of hydrogen-bond acceptors (Lipinski definition) is 2. The summed E-state index contributed by atoms with van der Waals surface area (Å²) >= 11 is 0. The van der Waals surface area contributed by atoms with Crippen LogP contribution in [0.15, 0.2) is 133 Å². The van der Waals surface area contributed by atoms with E-state index in [1.54, 1.807) is 48.5 Å². The molecule has 43 heavy (non-hydrogen) atoms. The standard InChI is InChI=1S/C35H26F6O2/c36-34(37,38)33(35(39,40)41,30-17-21-32(22-18-30)43-24-26-9-5-2-6-10-26)29-15-11-27(12-16-29)28-13-19-31(20-14-28)42-23-25-7-3-1-4-8-25/h1-22H,23-24H2. The molecule has 0 aliphatic rings. The third kappa shape index (κ3) is 6.38. The molecule has 0 spiro atoms. The number of benzene rings is 5. The van der Waals surface area contributed by atoms with Crippen LogP contribution in [0, 0.1) is 0 Å². The predicted molar refractivity (Wildman–Crippen MR) is 153 cm³/mol. The van der Waals surface area contributed by atoms with Gasteiger partial charge in [-0.05, 0) is 57.6 Å². The molecule has 0 unspecified atom stereocenters. The van der Waals surface area contributed by atoms with E-state index in [2.05, 4.69) is 0 Å². The Morgan fingerprint density at radius 2 is 0.721 bits per heavy atom. The van der Waals surface area contributed by atoms with Crippen LogP contribution in [0.1, 0.15) is 22.3 Å². The van der Waals surface area contributed by atoms with E-state index in [-0.39, 0.29) is 12.4 Å². The van der Waals surface area contributed by atoms with Gasteiger partial charge in [-0.25, -0.2) is 0 Å². The maximum atomic E-state index is 14.6. The summed E-state index contributed by atoms with van der Waals surface area (Å²) in [6.45, 7) is 0.470. The van der Waals surface area contributed by atoms with Gasteiger partial charge in [0.15, 0.2) is 0 Å². The molecule has 0 aliphatic heterocycles. The summed E-state index contributed by atoms with van der Waals surface area (Å²) in [6.07, 6.45) is -11.4. The molecule has 8 heteroatoms. The quantitative estimate of drug-likeness (QED) is 0.159. The maximum absolute atomic E-state index is 14.6. The molecule has 220 valence electrons. The highest BCUT2D eigenvalue weighted by molar-refractivity contribution is 5.65. The highest BCUT2D eigenvalue weighted by Crippen LogP contribution is 2.56. The maximum Gasteiger partial charge on any atom is 0.411 e. The molecule has 0 bridgehead atoms. The van der Waals surface area contributed by atoms with E-state index in [0.717, 1.165) is 47.5 Å². The molecule has 0 atom stereocenters. The Bertz CT molecular complexity index is 1580. The summed E-state index contributed by atoms with van der Waals surface area (Å²) in [7, 11) is 0. The van der Waals surface area contributed by atoms with Crippen molar-refractivity contribution in [2.75, 3.05) is 0 Å². The zero-order valence-corrected chi connectivity index (χ0v) is 22.7. The van der Waals surface area contributed by atoms with E-state index in [9.17, 15) is 26.3 Å². The summed E-state index contributed by atoms with van der Waals surface area (Å²) in [6, 6.07) is 33.5. The lowest BCUT2D eigenvalue weighted by Crippen LogP contribution is -2.54. The van der Waals surface area contributed by atoms with E-state index in [0.29, 0.717) is 23.5 Å². The Labute approximate surface area is 245 Å². The Morgan fingerprint density at radius 3 is 1.09 bits per heavy atom. The minimum atomic E-state index is -5.68. The summed E-state index contributed by atoms with van der Waals surface area (Å²) in [4.78, 5) is 0. The van der Waals surface area contributed by atoms with Crippen LogP contribution >= 0.6 is 0 Å². The third-order valence-corrected chi connectivity index (χ3v) is 7.14. The number of ether oxygens (including phenoxy) is 2. The number of rotatable bonds is 9. The molecule has 0 saturated carbocycles. The molecule has 2 nitrogen and oxygen atoms in total. The Balaban J connectivity index is 1.40. The summed E-state index contributed by atoms with van der Waals surface area (Å²) < 4.78 is 99.0. The molecular weight excluding hydrogens is 566 g/mol. The lowest BCUT2D eigenvalue weighted by atomic mass is 9.72. The largest absolute Gasteiger partial charge is 0.489 e. The van der Waals surface area contributed by atoms with Crippen molar-refractivity contribution in [3.05, 3.63) is 156 Å². The van der Waals surface area contributed by atoms with E-state index < -0.39 is 28.9 Å². The fourth-order valence-electron chi connectivity index (χ4n) is 4.92. The molecule has 0 amide bonds. The molecule has 0 saturated heterocycles. The summed E-state index contributed by atoms with van der Waals surface area (Å²) in [5.74, 6) is 0.728. The highest BCUT2D eigenvalue weighted by atomic mass is 19.4. The van der Waals surface area contributed by atoms with Crippen LogP contribution in [-0.4, -0.2) is 12.4 Å². The van der Waals surface area contributed by atoms with Gasteiger partial charge in [0, 0.05) is 0 Å². The summed E-state index contributed by atoms with van der Waals surface area (Å²) in [5.41, 5.74) is -3.27. The van der Waals surface area contributed by atoms with Crippen LogP contribution in [0.2, 0.25) is 0 Å². The van der Waals surface area contributed by atoms with Gasteiger partial charge in [0.25, 0.3) is 0 Å². The first-order valence-electron chi connectivity index (χ1n) is 13.4. The summed E-state index contributed by atoms with van der Waals surface area (Å²) in [5, 5.41) is 0. The predicted octanol–water partition coefficient (Wildman–Crippen LogP) is 9.92. The monoisotopic (exact) mass is 592 g/mol. The SMILES string of the molecule is FC(F)(F)C(c1ccc(OCc2ccccc2)cc1)(c1ccc(-c2ccc(OCc3ccccc3)cc2)cc1)C(F)(F)F. The second kappa shape index (κ2) is 12.3. The molecule has 0 aliphatic carbocycles. The van der Waals surface area contributed by atoms with Crippen molar-refractivity contribution >= 4 is 0 Å². The van der Waals surface area contributed by atoms with Gasteiger partial charge in [0.05, 0.1) is 0 Å². The van der Waals surface area contributed by atoms with Crippen LogP contribution in [-0.2, 0) is 18.6 Å². The molecule has 0 heterocycles. The van der Waals surface area contributed by atoms with Crippen molar-refractivity contribution in [1.82, 2.24) is 0 Å². The normalized spacial score (nSPS) is 12.1.